The zero-order valence-corrected chi connectivity index (χ0v) is 11.6. The van der Waals surface area contributed by atoms with Gasteiger partial charge in [-0.05, 0) is 13.3 Å². The number of aliphatic carboxylic acids is 1. The molecule has 7 nitrogen and oxygen atoms in total. The van der Waals surface area contributed by atoms with Crippen LogP contribution in [0.4, 0.5) is 5.82 Å². The smallest absolute Gasteiger partial charge is 0.311 e. The van der Waals surface area contributed by atoms with Gasteiger partial charge in [-0.2, -0.15) is 0 Å². The minimum Gasteiger partial charge on any atom is -0.481 e. The lowest BCUT2D eigenvalue weighted by Gasteiger charge is -2.31. The fourth-order valence-corrected chi connectivity index (χ4v) is 2.49. The van der Waals surface area contributed by atoms with Crippen molar-refractivity contribution in [1.82, 2.24) is 9.97 Å². The number of carboxylic acids is 1. The Labute approximate surface area is 116 Å². The molecule has 0 spiro atoms. The standard InChI is InChI=1S/C13H19N3O4/c1-3-4-16(10-7-20-6-9(10)13(18)19)11-5-12(17)15-8(2)14-11/h5,9-10H,3-4,6-7H2,1-2H3,(H,18,19)(H,14,15,17). The summed E-state index contributed by atoms with van der Waals surface area (Å²) in [5, 5.41) is 9.26. The molecule has 2 N–H and O–H groups in total. The molecule has 1 fully saturated rings. The molecule has 7 heteroatoms. The Bertz CT molecular complexity index is 543. The van der Waals surface area contributed by atoms with Gasteiger partial charge in [-0.1, -0.05) is 6.92 Å². The first-order valence-corrected chi connectivity index (χ1v) is 6.68. The van der Waals surface area contributed by atoms with Crippen molar-refractivity contribution < 1.29 is 14.6 Å². The number of ether oxygens (including phenoxy) is 1. The van der Waals surface area contributed by atoms with Crippen LogP contribution < -0.4 is 10.5 Å². The first-order chi connectivity index (χ1) is 9.52. The summed E-state index contributed by atoms with van der Waals surface area (Å²) < 4.78 is 5.30. The number of carboxylic acid groups (broad SMARTS) is 1. The first kappa shape index (κ1) is 14.5. The number of anilines is 1. The highest BCUT2D eigenvalue weighted by atomic mass is 16.5. The molecule has 1 aromatic heterocycles. The second-order valence-electron chi connectivity index (χ2n) is 4.93. The molecule has 1 saturated heterocycles. The van der Waals surface area contributed by atoms with Crippen LogP contribution in [0, 0.1) is 12.8 Å². The Morgan fingerprint density at radius 2 is 2.35 bits per heavy atom. The molecule has 2 atom stereocenters. The van der Waals surface area contributed by atoms with E-state index in [0.717, 1.165) is 6.42 Å². The molecule has 2 heterocycles. The van der Waals surface area contributed by atoms with Crippen molar-refractivity contribution in [3.8, 4) is 0 Å². The summed E-state index contributed by atoms with van der Waals surface area (Å²) in [5.74, 6) is -0.452. The molecule has 0 aromatic carbocycles. The van der Waals surface area contributed by atoms with Crippen molar-refractivity contribution in [2.75, 3.05) is 24.7 Å². The summed E-state index contributed by atoms with van der Waals surface area (Å²) in [7, 11) is 0. The van der Waals surface area contributed by atoms with Gasteiger partial charge in [0.2, 0.25) is 0 Å². The molecule has 2 rings (SSSR count). The minimum atomic E-state index is -0.879. The number of carbonyl (C=O) groups is 1. The topological polar surface area (TPSA) is 95.5 Å². The highest BCUT2D eigenvalue weighted by Gasteiger charge is 2.38. The molecule has 0 aliphatic carbocycles. The van der Waals surface area contributed by atoms with Crippen molar-refractivity contribution in [2.45, 2.75) is 26.3 Å². The zero-order valence-electron chi connectivity index (χ0n) is 11.6. The number of aromatic nitrogens is 2. The highest BCUT2D eigenvalue weighted by molar-refractivity contribution is 5.72. The van der Waals surface area contributed by atoms with Gasteiger partial charge in [0.25, 0.3) is 5.56 Å². The average Bonchev–Trinajstić information content (AvgIpc) is 2.83. The Morgan fingerprint density at radius 1 is 1.60 bits per heavy atom. The lowest BCUT2D eigenvalue weighted by atomic mass is 10.0. The quantitative estimate of drug-likeness (QED) is 0.811. The first-order valence-electron chi connectivity index (χ1n) is 6.68. The van der Waals surface area contributed by atoms with E-state index in [1.807, 2.05) is 11.8 Å². The highest BCUT2D eigenvalue weighted by Crippen LogP contribution is 2.24. The zero-order chi connectivity index (χ0) is 14.7. The molecule has 0 amide bonds. The van der Waals surface area contributed by atoms with Crippen LogP contribution in [-0.4, -0.2) is 46.8 Å². The van der Waals surface area contributed by atoms with Crippen LogP contribution in [0.1, 0.15) is 19.2 Å². The van der Waals surface area contributed by atoms with Crippen LogP contribution in [0.25, 0.3) is 0 Å². The van der Waals surface area contributed by atoms with Gasteiger partial charge in [0.15, 0.2) is 0 Å². The number of hydrogen-bond acceptors (Lipinski definition) is 5. The van der Waals surface area contributed by atoms with Crippen molar-refractivity contribution in [2.24, 2.45) is 5.92 Å². The van der Waals surface area contributed by atoms with Crippen LogP contribution in [0.3, 0.4) is 0 Å². The maximum Gasteiger partial charge on any atom is 0.311 e. The fraction of sp³-hybridized carbons (Fsp3) is 0.615. The molecular formula is C13H19N3O4. The predicted molar refractivity (Wildman–Crippen MR) is 73.0 cm³/mol. The third-order valence-electron chi connectivity index (χ3n) is 3.37. The largest absolute Gasteiger partial charge is 0.481 e. The molecule has 1 aliphatic rings. The van der Waals surface area contributed by atoms with Crippen molar-refractivity contribution in [3.63, 3.8) is 0 Å². The fourth-order valence-electron chi connectivity index (χ4n) is 2.49. The van der Waals surface area contributed by atoms with Crippen molar-refractivity contribution in [1.29, 1.82) is 0 Å². The number of nitrogens with zero attached hydrogens (tertiary/aromatic N) is 2. The van der Waals surface area contributed by atoms with E-state index >= 15 is 0 Å². The molecule has 2 unspecified atom stereocenters. The third kappa shape index (κ3) is 2.98. The van der Waals surface area contributed by atoms with E-state index < -0.39 is 11.9 Å². The lowest BCUT2D eigenvalue weighted by Crippen LogP contribution is -2.44. The van der Waals surface area contributed by atoms with E-state index in [2.05, 4.69) is 9.97 Å². The summed E-state index contributed by atoms with van der Waals surface area (Å²) in [6.45, 7) is 4.87. The van der Waals surface area contributed by atoms with E-state index in [1.54, 1.807) is 6.92 Å². The summed E-state index contributed by atoms with van der Waals surface area (Å²) in [5.41, 5.74) is -0.237. The monoisotopic (exact) mass is 281 g/mol. The van der Waals surface area contributed by atoms with Gasteiger partial charge in [0, 0.05) is 12.6 Å². The number of rotatable bonds is 5. The Kier molecular flexibility index (Phi) is 4.39. The Morgan fingerprint density at radius 3 is 2.95 bits per heavy atom. The predicted octanol–water partition coefficient (Wildman–Crippen LogP) is 0.394. The number of aryl methyl sites for hydroxylation is 1. The second kappa shape index (κ2) is 6.04. The van der Waals surface area contributed by atoms with Gasteiger partial charge >= 0.3 is 5.97 Å². The summed E-state index contributed by atoms with van der Waals surface area (Å²) in [6.07, 6.45) is 0.830. The number of nitrogens with one attached hydrogen (secondary N) is 1. The van der Waals surface area contributed by atoms with Gasteiger partial charge in [-0.25, -0.2) is 4.98 Å². The maximum atomic E-state index is 11.6. The Hall–Kier alpha value is -1.89. The van der Waals surface area contributed by atoms with Gasteiger partial charge in [0.05, 0.1) is 19.3 Å². The van der Waals surface area contributed by atoms with Crippen LogP contribution in [0.5, 0.6) is 0 Å². The van der Waals surface area contributed by atoms with E-state index in [0.29, 0.717) is 24.8 Å². The number of H-pyrrole nitrogens is 1. The van der Waals surface area contributed by atoms with Gasteiger partial charge in [-0.3, -0.25) is 9.59 Å². The van der Waals surface area contributed by atoms with Gasteiger partial charge < -0.3 is 19.7 Å². The van der Waals surface area contributed by atoms with Crippen LogP contribution in [0.2, 0.25) is 0 Å². The maximum absolute atomic E-state index is 11.6. The van der Waals surface area contributed by atoms with E-state index in [1.165, 1.54) is 6.07 Å². The molecule has 1 aliphatic heterocycles. The van der Waals surface area contributed by atoms with Crippen LogP contribution in [-0.2, 0) is 9.53 Å². The minimum absolute atomic E-state index is 0.197. The van der Waals surface area contributed by atoms with Gasteiger partial charge in [-0.15, -0.1) is 0 Å². The summed E-state index contributed by atoms with van der Waals surface area (Å²) in [6, 6.07) is 1.11. The third-order valence-corrected chi connectivity index (χ3v) is 3.37. The average molecular weight is 281 g/mol. The Balaban J connectivity index is 2.35. The summed E-state index contributed by atoms with van der Waals surface area (Å²) in [4.78, 5) is 31.6. The van der Waals surface area contributed by atoms with E-state index in [-0.39, 0.29) is 18.2 Å². The lowest BCUT2D eigenvalue weighted by molar-refractivity contribution is -0.141. The molecule has 0 saturated carbocycles. The van der Waals surface area contributed by atoms with E-state index in [4.69, 9.17) is 4.74 Å². The number of aromatic amines is 1. The van der Waals surface area contributed by atoms with Crippen molar-refractivity contribution >= 4 is 11.8 Å². The van der Waals surface area contributed by atoms with Crippen LogP contribution >= 0.6 is 0 Å². The molecule has 20 heavy (non-hydrogen) atoms. The molecule has 0 bridgehead atoms. The normalized spacial score (nSPS) is 21.9. The SMILES string of the molecule is CCCN(c1cc(=O)[nH]c(C)n1)C1COCC1C(=O)O. The molecule has 110 valence electrons. The number of hydrogen-bond donors (Lipinski definition) is 2. The molecule has 1 aromatic rings. The van der Waals surface area contributed by atoms with E-state index in [9.17, 15) is 14.7 Å². The molecule has 0 radical (unpaired) electrons. The van der Waals surface area contributed by atoms with Crippen molar-refractivity contribution in [3.05, 3.63) is 22.2 Å². The van der Waals surface area contributed by atoms with Crippen LogP contribution in [0.15, 0.2) is 10.9 Å². The summed E-state index contributed by atoms with van der Waals surface area (Å²) >= 11 is 0. The van der Waals surface area contributed by atoms with Gasteiger partial charge in [0.1, 0.15) is 17.6 Å². The molecular weight excluding hydrogens is 262 g/mol. The second-order valence-corrected chi connectivity index (χ2v) is 4.93.